The molecule has 2 aromatic rings. The average molecular weight is 474 g/mol. The van der Waals surface area contributed by atoms with Crippen LogP contribution in [-0.4, -0.2) is 31.3 Å². The van der Waals surface area contributed by atoms with Crippen LogP contribution in [0.15, 0.2) is 77.0 Å². The molecule has 2 aromatic carbocycles. The smallest absolute Gasteiger partial charge is 0.187 e. The lowest BCUT2D eigenvalue weighted by molar-refractivity contribution is -0.114. The van der Waals surface area contributed by atoms with E-state index in [0.29, 0.717) is 11.5 Å². The molecule has 1 heterocycles. The Bertz CT molecular complexity index is 1170. The molecule has 4 rings (SSSR count). The van der Waals surface area contributed by atoms with Crippen LogP contribution in [0.5, 0.6) is 11.5 Å². The maximum absolute atomic E-state index is 13.7. The van der Waals surface area contributed by atoms with Crippen molar-refractivity contribution in [1.82, 2.24) is 0 Å². The van der Waals surface area contributed by atoms with Crippen molar-refractivity contribution >= 4 is 11.5 Å². The summed E-state index contributed by atoms with van der Waals surface area (Å²) in [4.78, 5) is 20.0. The summed E-state index contributed by atoms with van der Waals surface area (Å²) in [7, 11) is 3.28. The first-order chi connectivity index (χ1) is 16.4. The van der Waals surface area contributed by atoms with Gasteiger partial charge in [-0.1, -0.05) is 77.0 Å². The molecule has 35 heavy (non-hydrogen) atoms. The van der Waals surface area contributed by atoms with Gasteiger partial charge in [0.15, 0.2) is 11.4 Å². The Morgan fingerprint density at radius 2 is 1.34 bits per heavy atom. The Morgan fingerprint density at radius 3 is 1.80 bits per heavy atom. The second kappa shape index (κ2) is 8.71. The van der Waals surface area contributed by atoms with Gasteiger partial charge in [0.25, 0.3) is 0 Å². The summed E-state index contributed by atoms with van der Waals surface area (Å²) >= 11 is 0. The third kappa shape index (κ3) is 4.52. The number of benzene rings is 2. The van der Waals surface area contributed by atoms with Gasteiger partial charge in [-0.15, -0.1) is 0 Å². The number of hydrogen-bond acceptors (Lipinski definition) is 5. The van der Waals surface area contributed by atoms with Crippen molar-refractivity contribution in [2.45, 2.75) is 53.1 Å². The highest BCUT2D eigenvalue weighted by atomic mass is 16.7. The maximum Gasteiger partial charge on any atom is 0.187 e. The molecule has 5 heteroatoms. The molecule has 1 aliphatic carbocycles. The number of methoxy groups -OCH3 is 2. The molecule has 2 aliphatic rings. The molecule has 0 aromatic heterocycles. The molecule has 0 radical (unpaired) electrons. The van der Waals surface area contributed by atoms with Gasteiger partial charge in [-0.2, -0.15) is 0 Å². The third-order valence-electron chi connectivity index (χ3n) is 6.65. The lowest BCUT2D eigenvalue weighted by Gasteiger charge is -2.38. The number of carbonyl (C=O) groups is 1. The predicted molar refractivity (Wildman–Crippen MR) is 139 cm³/mol. The summed E-state index contributed by atoms with van der Waals surface area (Å²) in [5.41, 5.74) is 2.44. The number of hydrogen-bond donors (Lipinski definition) is 0. The quantitative estimate of drug-likeness (QED) is 0.509. The van der Waals surface area contributed by atoms with E-state index < -0.39 is 5.60 Å². The van der Waals surface area contributed by atoms with Crippen LogP contribution < -0.4 is 9.47 Å². The van der Waals surface area contributed by atoms with Gasteiger partial charge in [0, 0.05) is 22.8 Å². The van der Waals surface area contributed by atoms with Crippen LogP contribution in [0.4, 0.5) is 0 Å². The van der Waals surface area contributed by atoms with Crippen molar-refractivity contribution < 1.29 is 19.1 Å². The van der Waals surface area contributed by atoms with Crippen molar-refractivity contribution in [2.24, 2.45) is 16.0 Å². The summed E-state index contributed by atoms with van der Waals surface area (Å²) in [5, 5.41) is 4.64. The zero-order chi connectivity index (χ0) is 25.6. The van der Waals surface area contributed by atoms with E-state index in [1.807, 2.05) is 60.7 Å². The number of oxime groups is 1. The molecule has 0 N–H and O–H groups in total. The van der Waals surface area contributed by atoms with E-state index >= 15 is 0 Å². The highest BCUT2D eigenvalue weighted by Crippen LogP contribution is 2.50. The first-order valence-electron chi connectivity index (χ1n) is 12.0. The number of ether oxygens (including phenoxy) is 2. The van der Waals surface area contributed by atoms with Crippen molar-refractivity contribution in [3.63, 3.8) is 0 Å². The topological polar surface area (TPSA) is 57.1 Å². The highest BCUT2D eigenvalue weighted by molar-refractivity contribution is 6.13. The monoisotopic (exact) mass is 473 g/mol. The summed E-state index contributed by atoms with van der Waals surface area (Å²) < 4.78 is 11.2. The van der Waals surface area contributed by atoms with Gasteiger partial charge in [0.1, 0.15) is 11.5 Å². The molecule has 0 fully saturated rings. The molecule has 1 aliphatic heterocycles. The van der Waals surface area contributed by atoms with Crippen LogP contribution in [0.2, 0.25) is 0 Å². The number of Topliss-reactive ketones (excluding diaryl/α,β-unsaturated/α-hetero) is 1. The second-order valence-corrected chi connectivity index (χ2v) is 11.3. The summed E-state index contributed by atoms with van der Waals surface area (Å²) in [5.74, 6) is 1.10. The molecule has 0 saturated carbocycles. The fraction of sp³-hybridized carbons (Fsp3) is 0.400. The Morgan fingerprint density at radius 1 is 0.829 bits per heavy atom. The number of carbonyl (C=O) groups excluding carboxylic acids is 1. The van der Waals surface area contributed by atoms with Crippen molar-refractivity contribution in [2.75, 3.05) is 14.2 Å². The SMILES string of the molecule is COc1cc(OC)cc(C2C(c3ccccc3)=NOC23C=C(C(C)(C)C)C(=O)C(C(C)(C)C)=C3)c1. The maximum atomic E-state index is 13.7. The van der Waals surface area contributed by atoms with Gasteiger partial charge in [0.2, 0.25) is 0 Å². The molecule has 1 atom stereocenters. The minimum atomic E-state index is -0.971. The number of rotatable bonds is 4. The van der Waals surface area contributed by atoms with Gasteiger partial charge >= 0.3 is 0 Å². The minimum absolute atomic E-state index is 0.0642. The summed E-state index contributed by atoms with van der Waals surface area (Å²) in [6, 6.07) is 15.9. The van der Waals surface area contributed by atoms with Crippen LogP contribution >= 0.6 is 0 Å². The minimum Gasteiger partial charge on any atom is -0.497 e. The fourth-order valence-corrected chi connectivity index (χ4v) is 4.79. The van der Waals surface area contributed by atoms with Crippen LogP contribution in [0.25, 0.3) is 0 Å². The van der Waals surface area contributed by atoms with Crippen LogP contribution in [0.1, 0.15) is 58.6 Å². The molecule has 1 spiro atoms. The van der Waals surface area contributed by atoms with Gasteiger partial charge < -0.3 is 14.3 Å². The number of nitrogens with zero attached hydrogens (tertiary/aromatic N) is 1. The Hall–Kier alpha value is -3.34. The van der Waals surface area contributed by atoms with Crippen molar-refractivity contribution in [3.05, 3.63) is 83.0 Å². The van der Waals surface area contributed by atoms with Crippen LogP contribution in [0, 0.1) is 10.8 Å². The standard InChI is InChI=1S/C30H35NO4/c1-28(2,3)23-17-30(18-24(27(23)32)29(4,5)6)25(20-14-21(33-7)16-22(15-20)34-8)26(31-35-30)19-12-10-9-11-13-19/h9-18,25H,1-8H3. The first kappa shape index (κ1) is 24.8. The fourth-order valence-electron chi connectivity index (χ4n) is 4.79. The predicted octanol–water partition coefficient (Wildman–Crippen LogP) is 6.49. The van der Waals surface area contributed by atoms with Gasteiger partial charge in [0.05, 0.1) is 25.8 Å². The second-order valence-electron chi connectivity index (χ2n) is 11.3. The van der Waals surface area contributed by atoms with Crippen molar-refractivity contribution in [3.8, 4) is 11.5 Å². The Balaban J connectivity index is 2.02. The van der Waals surface area contributed by atoms with E-state index in [1.54, 1.807) is 14.2 Å². The summed E-state index contributed by atoms with van der Waals surface area (Å²) in [6.45, 7) is 12.4. The van der Waals surface area contributed by atoms with Crippen LogP contribution in [0.3, 0.4) is 0 Å². The lowest BCUT2D eigenvalue weighted by atomic mass is 9.65. The highest BCUT2D eigenvalue weighted by Gasteiger charge is 2.52. The normalized spacial score (nSPS) is 19.6. The zero-order valence-electron chi connectivity index (χ0n) is 21.9. The van der Waals surface area contributed by atoms with Crippen molar-refractivity contribution in [1.29, 1.82) is 0 Å². The third-order valence-corrected chi connectivity index (χ3v) is 6.65. The molecule has 1 unspecified atom stereocenters. The Labute approximate surface area is 208 Å². The van der Waals surface area contributed by atoms with Gasteiger partial charge in [-0.3, -0.25) is 4.79 Å². The molecular formula is C30H35NO4. The molecular weight excluding hydrogens is 438 g/mol. The van der Waals surface area contributed by atoms with E-state index in [2.05, 4.69) is 46.7 Å². The number of allylic oxidation sites excluding steroid dienone is 2. The largest absolute Gasteiger partial charge is 0.497 e. The van der Waals surface area contributed by atoms with E-state index in [4.69, 9.17) is 14.3 Å². The zero-order valence-corrected chi connectivity index (χ0v) is 21.9. The molecule has 0 amide bonds. The summed E-state index contributed by atoms with van der Waals surface area (Å²) in [6.07, 6.45) is 3.97. The van der Waals surface area contributed by atoms with E-state index in [9.17, 15) is 4.79 Å². The lowest BCUT2D eigenvalue weighted by Crippen LogP contribution is -2.41. The first-order valence-corrected chi connectivity index (χ1v) is 12.0. The van der Waals surface area contributed by atoms with Gasteiger partial charge in [-0.05, 0) is 40.7 Å². The van der Waals surface area contributed by atoms with E-state index in [0.717, 1.165) is 28.0 Å². The van der Waals surface area contributed by atoms with E-state index in [-0.39, 0.29) is 22.5 Å². The van der Waals surface area contributed by atoms with Crippen LogP contribution in [-0.2, 0) is 9.63 Å². The average Bonchev–Trinajstić information content (AvgIpc) is 3.17. The van der Waals surface area contributed by atoms with Gasteiger partial charge in [-0.25, -0.2) is 0 Å². The Kier molecular flexibility index (Phi) is 6.16. The molecule has 184 valence electrons. The number of ketones is 1. The molecule has 0 saturated heterocycles. The molecule has 5 nitrogen and oxygen atoms in total. The van der Waals surface area contributed by atoms with E-state index in [1.165, 1.54) is 0 Å². The molecule has 0 bridgehead atoms.